The first-order chi connectivity index (χ1) is 11.8. The molecule has 0 aromatic heterocycles. The van der Waals surface area contributed by atoms with E-state index in [4.69, 9.17) is 0 Å². The number of hydrogen-bond donors (Lipinski definition) is 2. The lowest BCUT2D eigenvalue weighted by atomic mass is 9.79. The third-order valence-electron chi connectivity index (χ3n) is 5.56. The minimum absolute atomic E-state index is 0.00724. The van der Waals surface area contributed by atoms with Crippen LogP contribution in [0.5, 0.6) is 0 Å². The van der Waals surface area contributed by atoms with Gasteiger partial charge in [0, 0.05) is 12.6 Å². The number of alkyl halides is 3. The molecule has 3 rings (SSSR count). The lowest BCUT2D eigenvalue weighted by molar-refractivity contribution is -0.137. The molecule has 1 aromatic rings. The summed E-state index contributed by atoms with van der Waals surface area (Å²) in [4.78, 5) is 12.9. The van der Waals surface area contributed by atoms with E-state index in [0.717, 1.165) is 50.8 Å². The molecule has 0 bridgehead atoms. The molecule has 3 nitrogen and oxygen atoms in total. The van der Waals surface area contributed by atoms with Crippen molar-refractivity contribution in [3.8, 4) is 0 Å². The van der Waals surface area contributed by atoms with Crippen LogP contribution in [0.2, 0.25) is 0 Å². The maximum atomic E-state index is 12.9. The van der Waals surface area contributed by atoms with Gasteiger partial charge < -0.3 is 10.6 Å². The average molecular weight is 354 g/mol. The second kappa shape index (κ2) is 6.98. The number of hydrogen-bond acceptors (Lipinski definition) is 2. The number of carbonyl (C=O) groups is 1. The fourth-order valence-corrected chi connectivity index (χ4v) is 4.15. The first-order valence-electron chi connectivity index (χ1n) is 9.03. The van der Waals surface area contributed by atoms with Gasteiger partial charge in [-0.2, -0.15) is 13.2 Å². The number of amides is 1. The molecule has 0 aliphatic heterocycles. The van der Waals surface area contributed by atoms with Gasteiger partial charge in [0.05, 0.1) is 11.0 Å². The Labute approximate surface area is 146 Å². The zero-order chi connectivity index (χ0) is 18.1. The van der Waals surface area contributed by atoms with Gasteiger partial charge in [-0.1, -0.05) is 19.1 Å². The maximum absolute atomic E-state index is 12.9. The highest BCUT2D eigenvalue weighted by molar-refractivity contribution is 5.83. The summed E-state index contributed by atoms with van der Waals surface area (Å²) in [5, 5.41) is 6.34. The van der Waals surface area contributed by atoms with Crippen molar-refractivity contribution in [3.05, 3.63) is 35.4 Å². The molecular weight excluding hydrogens is 329 g/mol. The summed E-state index contributed by atoms with van der Waals surface area (Å²) in [7, 11) is 0. The lowest BCUT2D eigenvalue weighted by Crippen LogP contribution is -2.42. The topological polar surface area (TPSA) is 41.1 Å². The molecule has 2 fully saturated rings. The molecule has 2 unspecified atom stereocenters. The number of benzene rings is 1. The first-order valence-corrected chi connectivity index (χ1v) is 9.03. The van der Waals surface area contributed by atoms with Crippen LogP contribution >= 0.6 is 0 Å². The molecule has 2 aliphatic carbocycles. The van der Waals surface area contributed by atoms with E-state index in [1.165, 1.54) is 6.07 Å². The van der Waals surface area contributed by atoms with Crippen molar-refractivity contribution < 1.29 is 18.0 Å². The Balaban J connectivity index is 1.65. The molecule has 0 heterocycles. The molecular formula is C19H25F3N2O. The molecule has 0 radical (unpaired) electrons. The van der Waals surface area contributed by atoms with Gasteiger partial charge >= 0.3 is 6.18 Å². The number of nitrogens with one attached hydrogen (secondary N) is 2. The highest BCUT2D eigenvalue weighted by Crippen LogP contribution is 2.55. The first kappa shape index (κ1) is 18.2. The Kier molecular flexibility index (Phi) is 5.09. The molecule has 2 atom stereocenters. The molecule has 25 heavy (non-hydrogen) atoms. The zero-order valence-corrected chi connectivity index (χ0v) is 14.5. The predicted molar refractivity (Wildman–Crippen MR) is 89.8 cm³/mol. The van der Waals surface area contributed by atoms with Crippen LogP contribution in [0, 0.1) is 11.3 Å². The van der Waals surface area contributed by atoms with Crippen LogP contribution in [0.25, 0.3) is 0 Å². The summed E-state index contributed by atoms with van der Waals surface area (Å²) in [6.45, 7) is 3.09. The Morgan fingerprint density at radius 2 is 2.04 bits per heavy atom. The third kappa shape index (κ3) is 4.00. The minimum Gasteiger partial charge on any atom is -0.352 e. The van der Waals surface area contributed by atoms with Crippen LogP contribution in [0.15, 0.2) is 24.3 Å². The Hall–Kier alpha value is -1.56. The monoisotopic (exact) mass is 354 g/mol. The van der Waals surface area contributed by atoms with Gasteiger partial charge in [-0.05, 0) is 62.3 Å². The Bertz CT molecular complexity index is 627. The van der Waals surface area contributed by atoms with Crippen molar-refractivity contribution in [1.82, 2.24) is 10.6 Å². The van der Waals surface area contributed by atoms with E-state index >= 15 is 0 Å². The van der Waals surface area contributed by atoms with Crippen LogP contribution < -0.4 is 10.6 Å². The molecule has 0 spiro atoms. The number of halogens is 3. The summed E-state index contributed by atoms with van der Waals surface area (Å²) in [5.41, 5.74) is -0.534. The summed E-state index contributed by atoms with van der Waals surface area (Å²) in [5.74, 6) is 0.436. The average Bonchev–Trinajstić information content (AvgIpc) is 3.34. The number of rotatable bonds is 6. The summed E-state index contributed by atoms with van der Waals surface area (Å²) in [6, 6.07) is 5.53. The normalized spacial score (nSPS) is 26.6. The molecule has 2 aliphatic rings. The molecule has 0 saturated heterocycles. The van der Waals surface area contributed by atoms with E-state index in [1.807, 2.05) is 0 Å². The lowest BCUT2D eigenvalue weighted by Gasteiger charge is -2.28. The second-order valence-electron chi connectivity index (χ2n) is 7.31. The van der Waals surface area contributed by atoms with Gasteiger partial charge in [-0.3, -0.25) is 4.79 Å². The summed E-state index contributed by atoms with van der Waals surface area (Å²) < 4.78 is 38.4. The SMILES string of the molecule is CCNC1CCC(C(=O)NCc2cccc(C(F)(F)F)c2)(C2CC2)C1. The van der Waals surface area contributed by atoms with Crippen LogP contribution in [-0.4, -0.2) is 18.5 Å². The maximum Gasteiger partial charge on any atom is 0.416 e. The van der Waals surface area contributed by atoms with Gasteiger partial charge in [-0.25, -0.2) is 0 Å². The second-order valence-corrected chi connectivity index (χ2v) is 7.31. The van der Waals surface area contributed by atoms with Crippen molar-refractivity contribution in [2.24, 2.45) is 11.3 Å². The van der Waals surface area contributed by atoms with Crippen LogP contribution in [0.4, 0.5) is 13.2 Å². The zero-order valence-electron chi connectivity index (χ0n) is 14.5. The standard InChI is InChI=1S/C19H25F3N2O/c1-2-23-16-8-9-18(11-16,14-6-7-14)17(25)24-12-13-4-3-5-15(10-13)19(20,21)22/h3-5,10,14,16,23H,2,6-9,11-12H2,1H3,(H,24,25). The van der Waals surface area contributed by atoms with E-state index in [9.17, 15) is 18.0 Å². The molecule has 138 valence electrons. The van der Waals surface area contributed by atoms with Gasteiger partial charge in [0.2, 0.25) is 5.91 Å². The highest BCUT2D eigenvalue weighted by atomic mass is 19.4. The van der Waals surface area contributed by atoms with E-state index < -0.39 is 11.7 Å². The summed E-state index contributed by atoms with van der Waals surface area (Å²) in [6.07, 6.45) is 0.483. The van der Waals surface area contributed by atoms with Crippen LogP contribution in [0.1, 0.15) is 50.2 Å². The van der Waals surface area contributed by atoms with E-state index in [1.54, 1.807) is 6.07 Å². The fourth-order valence-electron chi connectivity index (χ4n) is 4.15. The van der Waals surface area contributed by atoms with Gasteiger partial charge in [0.25, 0.3) is 0 Å². The number of carbonyl (C=O) groups excluding carboxylic acids is 1. The smallest absolute Gasteiger partial charge is 0.352 e. The van der Waals surface area contributed by atoms with Crippen molar-refractivity contribution in [1.29, 1.82) is 0 Å². The predicted octanol–water partition coefficient (Wildman–Crippen LogP) is 3.88. The molecule has 2 saturated carbocycles. The van der Waals surface area contributed by atoms with Crippen LogP contribution in [-0.2, 0) is 17.5 Å². The molecule has 6 heteroatoms. The van der Waals surface area contributed by atoms with Crippen molar-refractivity contribution >= 4 is 5.91 Å². The molecule has 1 amide bonds. The molecule has 2 N–H and O–H groups in total. The Morgan fingerprint density at radius 3 is 2.68 bits per heavy atom. The van der Waals surface area contributed by atoms with Gasteiger partial charge in [0.15, 0.2) is 0 Å². The summed E-state index contributed by atoms with van der Waals surface area (Å²) >= 11 is 0. The fraction of sp³-hybridized carbons (Fsp3) is 0.632. The molecule has 1 aromatic carbocycles. The largest absolute Gasteiger partial charge is 0.416 e. The quantitative estimate of drug-likeness (QED) is 0.814. The van der Waals surface area contributed by atoms with E-state index in [0.29, 0.717) is 17.5 Å². The minimum atomic E-state index is -4.36. The van der Waals surface area contributed by atoms with Crippen molar-refractivity contribution in [2.45, 2.75) is 57.8 Å². The van der Waals surface area contributed by atoms with E-state index in [2.05, 4.69) is 17.6 Å². The van der Waals surface area contributed by atoms with Crippen molar-refractivity contribution in [3.63, 3.8) is 0 Å². The van der Waals surface area contributed by atoms with Gasteiger partial charge in [0.1, 0.15) is 0 Å². The van der Waals surface area contributed by atoms with Crippen molar-refractivity contribution in [2.75, 3.05) is 6.54 Å². The third-order valence-corrected chi connectivity index (χ3v) is 5.56. The van der Waals surface area contributed by atoms with Gasteiger partial charge in [-0.15, -0.1) is 0 Å². The Morgan fingerprint density at radius 1 is 1.28 bits per heavy atom. The highest BCUT2D eigenvalue weighted by Gasteiger charge is 2.54. The van der Waals surface area contributed by atoms with E-state index in [-0.39, 0.29) is 17.9 Å². The van der Waals surface area contributed by atoms with Crippen LogP contribution in [0.3, 0.4) is 0 Å².